The summed E-state index contributed by atoms with van der Waals surface area (Å²) in [6.07, 6.45) is 1.02. The third-order valence-electron chi connectivity index (χ3n) is 5.36. The highest BCUT2D eigenvalue weighted by Gasteiger charge is 2.25. The van der Waals surface area contributed by atoms with E-state index in [4.69, 9.17) is 4.98 Å². The van der Waals surface area contributed by atoms with Crippen molar-refractivity contribution in [3.05, 3.63) is 53.9 Å². The Hall–Kier alpha value is -2.13. The van der Waals surface area contributed by atoms with Crippen LogP contribution >= 0.6 is 0 Å². The molecule has 0 unspecified atom stereocenters. The molecule has 3 nitrogen and oxygen atoms in total. The van der Waals surface area contributed by atoms with Crippen molar-refractivity contribution in [3.63, 3.8) is 0 Å². The average molecular weight is 333 g/mol. The Morgan fingerprint density at radius 3 is 2.32 bits per heavy atom. The van der Waals surface area contributed by atoms with Gasteiger partial charge in [0.2, 0.25) is 0 Å². The van der Waals surface area contributed by atoms with Gasteiger partial charge in [-0.05, 0) is 51.0 Å². The van der Waals surface area contributed by atoms with Crippen LogP contribution in [-0.2, 0) is 13.0 Å². The lowest BCUT2D eigenvalue weighted by molar-refractivity contribution is 0.140. The Bertz CT molecular complexity index is 897. The quantitative estimate of drug-likeness (QED) is 0.645. The summed E-state index contributed by atoms with van der Waals surface area (Å²) in [5.41, 5.74) is 6.41. The van der Waals surface area contributed by atoms with Gasteiger partial charge in [-0.25, -0.2) is 4.98 Å². The SMILES string of the molecule is Cc1ccc(-c2ccc3c(c2)nc2n3CCN(C(C)(C)C)CC2)cc1. The highest BCUT2D eigenvalue weighted by atomic mass is 15.2. The first-order valence-electron chi connectivity index (χ1n) is 9.23. The summed E-state index contributed by atoms with van der Waals surface area (Å²) in [7, 11) is 0. The molecular formula is C22H27N3. The molecule has 0 spiro atoms. The van der Waals surface area contributed by atoms with Crippen LogP contribution in [0, 0.1) is 6.92 Å². The number of fused-ring (bicyclic) bond motifs is 3. The normalized spacial score (nSPS) is 16.0. The van der Waals surface area contributed by atoms with E-state index < -0.39 is 0 Å². The average Bonchev–Trinajstić information content (AvgIpc) is 2.76. The van der Waals surface area contributed by atoms with E-state index in [0.717, 1.165) is 31.6 Å². The fourth-order valence-corrected chi connectivity index (χ4v) is 3.78. The van der Waals surface area contributed by atoms with Crippen LogP contribution in [0.2, 0.25) is 0 Å². The summed E-state index contributed by atoms with van der Waals surface area (Å²) < 4.78 is 2.42. The molecule has 25 heavy (non-hydrogen) atoms. The monoisotopic (exact) mass is 333 g/mol. The Kier molecular flexibility index (Phi) is 3.92. The summed E-state index contributed by atoms with van der Waals surface area (Å²) >= 11 is 0. The first-order chi connectivity index (χ1) is 11.9. The molecule has 2 heterocycles. The van der Waals surface area contributed by atoms with Crippen LogP contribution in [-0.4, -0.2) is 33.1 Å². The van der Waals surface area contributed by atoms with E-state index >= 15 is 0 Å². The minimum Gasteiger partial charge on any atom is -0.327 e. The number of aromatic nitrogens is 2. The van der Waals surface area contributed by atoms with E-state index in [9.17, 15) is 0 Å². The molecule has 130 valence electrons. The molecule has 0 fully saturated rings. The van der Waals surface area contributed by atoms with Gasteiger partial charge in [0.1, 0.15) is 5.82 Å². The van der Waals surface area contributed by atoms with Crippen LogP contribution in [0.3, 0.4) is 0 Å². The molecule has 1 aliphatic rings. The predicted molar refractivity (Wildman–Crippen MR) is 105 cm³/mol. The zero-order valence-corrected chi connectivity index (χ0v) is 15.7. The lowest BCUT2D eigenvalue weighted by Gasteiger charge is -2.34. The van der Waals surface area contributed by atoms with Gasteiger partial charge in [0.25, 0.3) is 0 Å². The van der Waals surface area contributed by atoms with Gasteiger partial charge in [0.15, 0.2) is 0 Å². The molecule has 0 amide bonds. The van der Waals surface area contributed by atoms with E-state index in [2.05, 4.69) is 79.6 Å². The van der Waals surface area contributed by atoms with Crippen LogP contribution in [0.1, 0.15) is 32.2 Å². The van der Waals surface area contributed by atoms with Gasteiger partial charge in [-0.1, -0.05) is 35.9 Å². The highest BCUT2D eigenvalue weighted by molar-refractivity contribution is 5.82. The molecule has 0 bridgehead atoms. The largest absolute Gasteiger partial charge is 0.327 e. The number of benzene rings is 2. The van der Waals surface area contributed by atoms with E-state index in [1.807, 2.05) is 0 Å². The smallest absolute Gasteiger partial charge is 0.111 e. The molecule has 0 saturated heterocycles. The number of hydrogen-bond acceptors (Lipinski definition) is 2. The van der Waals surface area contributed by atoms with Gasteiger partial charge in [-0.3, -0.25) is 4.90 Å². The first-order valence-corrected chi connectivity index (χ1v) is 9.23. The summed E-state index contributed by atoms with van der Waals surface area (Å²) in [6.45, 7) is 12.2. The van der Waals surface area contributed by atoms with Crippen molar-refractivity contribution in [1.82, 2.24) is 14.5 Å². The van der Waals surface area contributed by atoms with E-state index in [0.29, 0.717) is 0 Å². The fourth-order valence-electron chi connectivity index (χ4n) is 3.78. The van der Waals surface area contributed by atoms with Crippen molar-refractivity contribution in [2.24, 2.45) is 0 Å². The Morgan fingerprint density at radius 1 is 0.880 bits per heavy atom. The van der Waals surface area contributed by atoms with Gasteiger partial charge in [0, 0.05) is 31.6 Å². The minimum atomic E-state index is 0.221. The standard InChI is InChI=1S/C22H27N3/c1-16-5-7-17(8-6-16)18-9-10-20-19(15-18)23-21-11-12-24(22(2,3)4)13-14-25(20)21/h5-10,15H,11-14H2,1-4H3. The second-order valence-electron chi connectivity index (χ2n) is 8.16. The molecule has 3 aromatic rings. The van der Waals surface area contributed by atoms with Crippen LogP contribution in [0.25, 0.3) is 22.2 Å². The van der Waals surface area contributed by atoms with Crippen molar-refractivity contribution in [2.45, 2.75) is 46.2 Å². The number of rotatable bonds is 1. The molecule has 3 heteroatoms. The third-order valence-corrected chi connectivity index (χ3v) is 5.36. The molecule has 1 aliphatic heterocycles. The first kappa shape index (κ1) is 16.3. The van der Waals surface area contributed by atoms with Crippen LogP contribution in [0.15, 0.2) is 42.5 Å². The minimum absolute atomic E-state index is 0.221. The Morgan fingerprint density at radius 2 is 1.60 bits per heavy atom. The maximum atomic E-state index is 4.97. The highest BCUT2D eigenvalue weighted by Crippen LogP contribution is 2.27. The van der Waals surface area contributed by atoms with Crippen LogP contribution in [0.4, 0.5) is 0 Å². The molecular weight excluding hydrogens is 306 g/mol. The zero-order chi connectivity index (χ0) is 17.6. The fraction of sp³-hybridized carbons (Fsp3) is 0.409. The molecule has 2 aromatic carbocycles. The molecule has 0 saturated carbocycles. The van der Waals surface area contributed by atoms with Crippen molar-refractivity contribution >= 4 is 11.0 Å². The third kappa shape index (κ3) is 3.09. The summed E-state index contributed by atoms with van der Waals surface area (Å²) in [4.78, 5) is 7.53. The van der Waals surface area contributed by atoms with Gasteiger partial charge in [0.05, 0.1) is 11.0 Å². The molecule has 0 atom stereocenters. The predicted octanol–water partition coefficient (Wildman–Crippen LogP) is 4.67. The van der Waals surface area contributed by atoms with Gasteiger partial charge < -0.3 is 4.57 Å². The maximum absolute atomic E-state index is 4.97. The summed E-state index contributed by atoms with van der Waals surface area (Å²) in [5, 5.41) is 0. The van der Waals surface area contributed by atoms with Gasteiger partial charge in [-0.2, -0.15) is 0 Å². The van der Waals surface area contributed by atoms with Gasteiger partial charge >= 0.3 is 0 Å². The second kappa shape index (κ2) is 5.99. The summed E-state index contributed by atoms with van der Waals surface area (Å²) in [5.74, 6) is 1.22. The molecule has 4 rings (SSSR count). The van der Waals surface area contributed by atoms with Crippen molar-refractivity contribution in [2.75, 3.05) is 13.1 Å². The molecule has 0 N–H and O–H groups in total. The van der Waals surface area contributed by atoms with Crippen molar-refractivity contribution in [3.8, 4) is 11.1 Å². The second-order valence-corrected chi connectivity index (χ2v) is 8.16. The van der Waals surface area contributed by atoms with Crippen molar-refractivity contribution in [1.29, 1.82) is 0 Å². The van der Waals surface area contributed by atoms with E-state index in [1.54, 1.807) is 0 Å². The summed E-state index contributed by atoms with van der Waals surface area (Å²) in [6, 6.07) is 15.4. The van der Waals surface area contributed by atoms with E-state index in [-0.39, 0.29) is 5.54 Å². The number of nitrogens with zero attached hydrogens (tertiary/aromatic N) is 3. The van der Waals surface area contributed by atoms with Crippen LogP contribution in [0.5, 0.6) is 0 Å². The molecule has 0 aliphatic carbocycles. The van der Waals surface area contributed by atoms with Crippen molar-refractivity contribution < 1.29 is 0 Å². The molecule has 0 radical (unpaired) electrons. The van der Waals surface area contributed by atoms with E-state index in [1.165, 1.54) is 28.0 Å². The lowest BCUT2D eigenvalue weighted by Crippen LogP contribution is -2.43. The number of hydrogen-bond donors (Lipinski definition) is 0. The van der Waals surface area contributed by atoms with Crippen LogP contribution < -0.4 is 0 Å². The lowest BCUT2D eigenvalue weighted by atomic mass is 10.0. The van der Waals surface area contributed by atoms with Gasteiger partial charge in [-0.15, -0.1) is 0 Å². The Labute approximate surface area is 150 Å². The number of imidazole rings is 1. The maximum Gasteiger partial charge on any atom is 0.111 e. The topological polar surface area (TPSA) is 21.1 Å². The zero-order valence-electron chi connectivity index (χ0n) is 15.7. The molecule has 1 aromatic heterocycles. The number of aryl methyl sites for hydroxylation is 1. The Balaban J connectivity index is 1.68.